The van der Waals surface area contributed by atoms with Gasteiger partial charge in [-0.2, -0.15) is 0 Å². The molecule has 0 fully saturated rings. The Bertz CT molecular complexity index is 884. The van der Waals surface area contributed by atoms with E-state index >= 15 is 0 Å². The summed E-state index contributed by atoms with van der Waals surface area (Å²) in [5, 5.41) is 2.80. The number of rotatable bonds is 8. The molecule has 27 heavy (non-hydrogen) atoms. The molecule has 0 aromatic heterocycles. The molecule has 0 unspecified atom stereocenters. The normalized spacial score (nSPS) is 11.4. The van der Waals surface area contributed by atoms with Crippen molar-refractivity contribution in [1.29, 1.82) is 0 Å². The molecule has 0 bridgehead atoms. The second-order valence-electron chi connectivity index (χ2n) is 6.72. The van der Waals surface area contributed by atoms with Gasteiger partial charge in [0.1, 0.15) is 0 Å². The van der Waals surface area contributed by atoms with Gasteiger partial charge in [-0.3, -0.25) is 4.79 Å². The van der Waals surface area contributed by atoms with Crippen molar-refractivity contribution in [1.82, 2.24) is 10.0 Å². The fourth-order valence-electron chi connectivity index (χ4n) is 3.08. The molecule has 2 aromatic rings. The summed E-state index contributed by atoms with van der Waals surface area (Å²) < 4.78 is 27.6. The van der Waals surface area contributed by atoms with Crippen molar-refractivity contribution in [2.24, 2.45) is 0 Å². The fourth-order valence-corrected chi connectivity index (χ4v) is 4.56. The highest BCUT2D eigenvalue weighted by molar-refractivity contribution is 7.89. The Morgan fingerprint density at radius 2 is 1.59 bits per heavy atom. The minimum absolute atomic E-state index is 0.0583. The average molecular weight is 390 g/mol. The number of amides is 1. The van der Waals surface area contributed by atoms with E-state index in [2.05, 4.69) is 10.0 Å². The van der Waals surface area contributed by atoms with Crippen molar-refractivity contribution in [3.05, 3.63) is 58.7 Å². The van der Waals surface area contributed by atoms with Crippen LogP contribution in [0.3, 0.4) is 0 Å². The second kappa shape index (κ2) is 9.01. The van der Waals surface area contributed by atoms with Gasteiger partial charge in [0, 0.05) is 25.2 Å². The van der Waals surface area contributed by atoms with Crippen LogP contribution in [0.1, 0.15) is 28.7 Å². The number of anilines is 1. The van der Waals surface area contributed by atoms with Gasteiger partial charge in [0.25, 0.3) is 0 Å². The summed E-state index contributed by atoms with van der Waals surface area (Å²) >= 11 is 0. The molecular formula is C20H27N3O3S. The van der Waals surface area contributed by atoms with Crippen LogP contribution in [0.5, 0.6) is 0 Å². The van der Waals surface area contributed by atoms with E-state index in [0.717, 1.165) is 11.1 Å². The van der Waals surface area contributed by atoms with Gasteiger partial charge in [-0.1, -0.05) is 29.8 Å². The van der Waals surface area contributed by atoms with Crippen LogP contribution in [0.25, 0.3) is 0 Å². The first-order valence-electron chi connectivity index (χ1n) is 8.87. The van der Waals surface area contributed by atoms with Crippen molar-refractivity contribution in [3.8, 4) is 0 Å². The first-order chi connectivity index (χ1) is 12.7. The molecule has 0 aliphatic heterocycles. The number of nitrogen functional groups attached to an aromatic ring is 1. The van der Waals surface area contributed by atoms with E-state index in [1.165, 1.54) is 0 Å². The molecule has 4 N–H and O–H groups in total. The second-order valence-corrected chi connectivity index (χ2v) is 8.42. The van der Waals surface area contributed by atoms with Gasteiger partial charge in [0.2, 0.25) is 15.9 Å². The standard InChI is InChI=1S/C20H27N3O3S/c1-14-12-15(2)20(16(3)13-14)27(25,26)23-11-9-19(24)22-10-8-17-4-6-18(21)7-5-17/h4-7,12-13,23H,8-11,21H2,1-3H3,(H,22,24). The summed E-state index contributed by atoms with van der Waals surface area (Å²) in [5.74, 6) is -0.189. The molecule has 146 valence electrons. The van der Waals surface area contributed by atoms with Crippen molar-refractivity contribution < 1.29 is 13.2 Å². The molecule has 0 saturated heterocycles. The van der Waals surface area contributed by atoms with Gasteiger partial charge in [-0.25, -0.2) is 13.1 Å². The van der Waals surface area contributed by atoms with Crippen LogP contribution in [0.15, 0.2) is 41.3 Å². The third kappa shape index (κ3) is 6.08. The van der Waals surface area contributed by atoms with Gasteiger partial charge >= 0.3 is 0 Å². The van der Waals surface area contributed by atoms with Crippen molar-refractivity contribution >= 4 is 21.6 Å². The smallest absolute Gasteiger partial charge is 0.241 e. The monoisotopic (exact) mass is 389 g/mol. The highest BCUT2D eigenvalue weighted by Gasteiger charge is 2.19. The Morgan fingerprint density at radius 3 is 2.19 bits per heavy atom. The lowest BCUT2D eigenvalue weighted by Crippen LogP contribution is -2.32. The summed E-state index contributed by atoms with van der Waals surface area (Å²) in [6, 6.07) is 11.2. The van der Waals surface area contributed by atoms with E-state index in [4.69, 9.17) is 5.73 Å². The molecule has 6 nitrogen and oxygen atoms in total. The largest absolute Gasteiger partial charge is 0.399 e. The molecule has 1 amide bonds. The molecule has 0 atom stereocenters. The molecule has 2 aromatic carbocycles. The molecule has 0 spiro atoms. The van der Waals surface area contributed by atoms with Crippen LogP contribution >= 0.6 is 0 Å². The molecular weight excluding hydrogens is 362 g/mol. The quantitative estimate of drug-likeness (QED) is 0.603. The molecule has 2 rings (SSSR count). The van der Waals surface area contributed by atoms with Gasteiger partial charge in [0.15, 0.2) is 0 Å². The number of aryl methyl sites for hydroxylation is 3. The minimum Gasteiger partial charge on any atom is -0.399 e. The van der Waals surface area contributed by atoms with E-state index in [-0.39, 0.29) is 23.8 Å². The molecule has 0 saturated carbocycles. The predicted molar refractivity (Wildman–Crippen MR) is 108 cm³/mol. The van der Waals surface area contributed by atoms with Crippen LogP contribution in [0.4, 0.5) is 5.69 Å². The summed E-state index contributed by atoms with van der Waals surface area (Å²) in [4.78, 5) is 12.2. The van der Waals surface area contributed by atoms with Crippen LogP contribution < -0.4 is 15.8 Å². The number of sulfonamides is 1. The van der Waals surface area contributed by atoms with Crippen LogP contribution in [0, 0.1) is 20.8 Å². The highest BCUT2D eigenvalue weighted by Crippen LogP contribution is 2.21. The van der Waals surface area contributed by atoms with Crippen molar-refractivity contribution in [3.63, 3.8) is 0 Å². The number of hydrogen-bond acceptors (Lipinski definition) is 4. The van der Waals surface area contributed by atoms with E-state index in [0.29, 0.717) is 29.8 Å². The highest BCUT2D eigenvalue weighted by atomic mass is 32.2. The number of hydrogen-bond donors (Lipinski definition) is 3. The molecule has 0 aliphatic carbocycles. The molecule has 7 heteroatoms. The third-order valence-corrected chi connectivity index (χ3v) is 6.00. The summed E-state index contributed by atoms with van der Waals surface area (Å²) in [7, 11) is -3.64. The van der Waals surface area contributed by atoms with Gasteiger partial charge in [-0.05, 0) is 56.0 Å². The van der Waals surface area contributed by atoms with Gasteiger partial charge in [-0.15, -0.1) is 0 Å². The number of carbonyl (C=O) groups excluding carboxylic acids is 1. The Morgan fingerprint density at radius 1 is 1.00 bits per heavy atom. The number of carbonyl (C=O) groups is 1. The number of benzene rings is 2. The molecule has 0 heterocycles. The maximum Gasteiger partial charge on any atom is 0.241 e. The van der Waals surface area contributed by atoms with Gasteiger partial charge in [0.05, 0.1) is 4.90 Å². The number of nitrogens with two attached hydrogens (primary N) is 1. The lowest BCUT2D eigenvalue weighted by Gasteiger charge is -2.13. The van der Waals surface area contributed by atoms with Crippen LogP contribution in [0.2, 0.25) is 0 Å². The Kier molecular flexibility index (Phi) is 6.98. The van der Waals surface area contributed by atoms with Gasteiger partial charge < -0.3 is 11.1 Å². The summed E-state index contributed by atoms with van der Waals surface area (Å²) in [6.45, 7) is 6.03. The van der Waals surface area contributed by atoms with Crippen molar-refractivity contribution in [2.45, 2.75) is 38.5 Å². The Labute approximate surface area is 161 Å². The third-order valence-electron chi connectivity index (χ3n) is 4.23. The van der Waals surface area contributed by atoms with Crippen LogP contribution in [-0.2, 0) is 21.2 Å². The van der Waals surface area contributed by atoms with Crippen molar-refractivity contribution in [2.75, 3.05) is 18.8 Å². The first-order valence-corrected chi connectivity index (χ1v) is 10.4. The maximum absolute atomic E-state index is 12.5. The van der Waals surface area contributed by atoms with E-state index in [1.54, 1.807) is 13.8 Å². The molecule has 0 aliphatic rings. The average Bonchev–Trinajstić information content (AvgIpc) is 2.55. The Hall–Kier alpha value is -2.38. The zero-order valence-electron chi connectivity index (χ0n) is 16.0. The number of nitrogens with one attached hydrogen (secondary N) is 2. The maximum atomic E-state index is 12.5. The van der Waals surface area contributed by atoms with Crippen LogP contribution in [-0.4, -0.2) is 27.4 Å². The molecule has 0 radical (unpaired) electrons. The van der Waals surface area contributed by atoms with E-state index < -0.39 is 10.0 Å². The topological polar surface area (TPSA) is 101 Å². The predicted octanol–water partition coefficient (Wildman–Crippen LogP) is 2.22. The zero-order valence-corrected chi connectivity index (χ0v) is 16.8. The SMILES string of the molecule is Cc1cc(C)c(S(=O)(=O)NCCC(=O)NCCc2ccc(N)cc2)c(C)c1. The minimum atomic E-state index is -3.64. The fraction of sp³-hybridized carbons (Fsp3) is 0.350. The summed E-state index contributed by atoms with van der Waals surface area (Å²) in [6.07, 6.45) is 0.782. The zero-order chi connectivity index (χ0) is 20.0. The summed E-state index contributed by atoms with van der Waals surface area (Å²) in [5.41, 5.74) is 9.84. The first kappa shape index (κ1) is 20.9. The van der Waals surface area contributed by atoms with E-state index in [9.17, 15) is 13.2 Å². The lowest BCUT2D eigenvalue weighted by atomic mass is 10.1. The van der Waals surface area contributed by atoms with E-state index in [1.807, 2.05) is 43.3 Å². The lowest BCUT2D eigenvalue weighted by molar-refractivity contribution is -0.120. The Balaban J connectivity index is 1.81.